The molecule has 4 heterocycles. The Labute approximate surface area is 179 Å². The van der Waals surface area contributed by atoms with Crippen LogP contribution in [0.25, 0.3) is 10.4 Å². The van der Waals surface area contributed by atoms with Crippen molar-refractivity contribution in [2.24, 2.45) is 5.92 Å². The van der Waals surface area contributed by atoms with Crippen molar-refractivity contribution in [3.05, 3.63) is 28.8 Å². The molecule has 2 aliphatic rings. The molecule has 27 heavy (non-hydrogen) atoms. The minimum absolute atomic E-state index is 0. The molecule has 1 fully saturated rings. The van der Waals surface area contributed by atoms with Crippen molar-refractivity contribution in [1.29, 1.82) is 0 Å². The van der Waals surface area contributed by atoms with Crippen molar-refractivity contribution in [1.82, 2.24) is 14.3 Å². The molecule has 2 aromatic rings. The molecular formula is C16H14N3NaO6S. The van der Waals surface area contributed by atoms with Gasteiger partial charge in [0.2, 0.25) is 11.7 Å². The third-order valence-electron chi connectivity index (χ3n) is 4.84. The Hall–Kier alpha value is -1.56. The Morgan fingerprint density at radius 1 is 1.48 bits per heavy atom. The van der Waals surface area contributed by atoms with Gasteiger partial charge >= 0.3 is 29.6 Å². The smallest absolute Gasteiger partial charge is 0.543 e. The predicted molar refractivity (Wildman–Crippen MR) is 86.8 cm³/mol. The van der Waals surface area contributed by atoms with E-state index >= 15 is 0 Å². The second kappa shape index (κ2) is 7.12. The number of carbonyl (C=O) groups is 3. The van der Waals surface area contributed by atoms with E-state index in [0.29, 0.717) is 15.3 Å². The number of hydrogen-bond donors (Lipinski definition) is 2. The average molecular weight is 399 g/mol. The fraction of sp³-hybridized carbons (Fsp3) is 0.375. The number of nitrogens with zero attached hydrogens (tertiary/aromatic N) is 3. The van der Waals surface area contributed by atoms with Gasteiger partial charge in [0.15, 0.2) is 0 Å². The largest absolute Gasteiger partial charge is 1.00 e. The molecule has 11 heteroatoms. The van der Waals surface area contributed by atoms with Crippen molar-refractivity contribution in [3.63, 3.8) is 0 Å². The SMILES string of the molecule is C[C@@H](O)[C@H]1C(=O)N2C(C(=O)[O-])=C(c3cn4cnc(C(=O)CO)c4s3)C[C@H]12.[Na+]. The summed E-state index contributed by atoms with van der Waals surface area (Å²) in [5.74, 6) is -3.06. The quantitative estimate of drug-likeness (QED) is 0.295. The van der Waals surface area contributed by atoms with Gasteiger partial charge in [0.05, 0.1) is 34.6 Å². The van der Waals surface area contributed by atoms with Gasteiger partial charge in [-0.05, 0) is 18.9 Å². The molecule has 0 aliphatic carbocycles. The van der Waals surface area contributed by atoms with E-state index in [4.69, 9.17) is 5.11 Å². The van der Waals surface area contributed by atoms with Crippen molar-refractivity contribution in [2.75, 3.05) is 6.61 Å². The minimum Gasteiger partial charge on any atom is -0.543 e. The molecule has 2 N–H and O–H groups in total. The van der Waals surface area contributed by atoms with Crippen molar-refractivity contribution in [3.8, 4) is 0 Å². The third-order valence-corrected chi connectivity index (χ3v) is 6.01. The fourth-order valence-corrected chi connectivity index (χ4v) is 4.83. The minimum atomic E-state index is -1.46. The molecule has 9 nitrogen and oxygen atoms in total. The maximum Gasteiger partial charge on any atom is 1.00 e. The molecule has 0 spiro atoms. The first-order valence-electron chi connectivity index (χ1n) is 7.91. The zero-order valence-electron chi connectivity index (χ0n) is 14.6. The number of β-lactam (4-membered cyclic amide) rings is 1. The molecule has 0 aromatic carbocycles. The van der Waals surface area contributed by atoms with Crippen LogP contribution in [0.2, 0.25) is 0 Å². The van der Waals surface area contributed by atoms with Crippen LogP contribution in [0.4, 0.5) is 0 Å². The van der Waals surface area contributed by atoms with Crippen LogP contribution in [0, 0.1) is 5.92 Å². The number of amides is 1. The normalized spacial score (nSPS) is 22.5. The van der Waals surface area contributed by atoms with Crippen LogP contribution < -0.4 is 34.7 Å². The molecule has 2 aliphatic heterocycles. The van der Waals surface area contributed by atoms with Gasteiger partial charge < -0.3 is 25.0 Å². The van der Waals surface area contributed by atoms with Crippen molar-refractivity contribution < 1.29 is 59.3 Å². The topological polar surface area (TPSA) is 135 Å². The van der Waals surface area contributed by atoms with Crippen molar-refractivity contribution >= 4 is 39.4 Å². The predicted octanol–water partition coefficient (Wildman–Crippen LogP) is -4.35. The van der Waals surface area contributed by atoms with E-state index < -0.39 is 42.3 Å². The van der Waals surface area contributed by atoms with Gasteiger partial charge in [-0.15, -0.1) is 11.3 Å². The molecule has 0 bridgehead atoms. The summed E-state index contributed by atoms with van der Waals surface area (Å²) in [4.78, 5) is 41.8. The first-order chi connectivity index (χ1) is 12.3. The van der Waals surface area contributed by atoms with Crippen molar-refractivity contribution in [2.45, 2.75) is 25.5 Å². The van der Waals surface area contributed by atoms with E-state index in [1.54, 1.807) is 10.6 Å². The number of thiazole rings is 1. The van der Waals surface area contributed by atoms with Crippen LogP contribution in [0.15, 0.2) is 18.2 Å². The van der Waals surface area contributed by atoms with Gasteiger partial charge in [0.1, 0.15) is 23.5 Å². The fourth-order valence-electron chi connectivity index (χ4n) is 3.68. The number of aliphatic hydroxyl groups excluding tert-OH is 2. The Morgan fingerprint density at radius 2 is 2.19 bits per heavy atom. The summed E-state index contributed by atoms with van der Waals surface area (Å²) in [5.41, 5.74) is 0.352. The van der Waals surface area contributed by atoms with Crippen LogP contribution in [0.1, 0.15) is 28.7 Å². The molecule has 1 amide bonds. The van der Waals surface area contributed by atoms with Crippen LogP contribution in [-0.2, 0) is 9.59 Å². The molecule has 1 saturated heterocycles. The maximum atomic E-state index is 12.2. The summed E-state index contributed by atoms with van der Waals surface area (Å²) in [6.07, 6.45) is 2.45. The summed E-state index contributed by atoms with van der Waals surface area (Å²) < 4.78 is 1.58. The second-order valence-electron chi connectivity index (χ2n) is 6.34. The molecule has 2 aromatic heterocycles. The Bertz CT molecular complexity index is 994. The monoisotopic (exact) mass is 399 g/mol. The van der Waals surface area contributed by atoms with E-state index in [1.165, 1.54) is 18.2 Å². The molecule has 0 unspecified atom stereocenters. The first kappa shape index (κ1) is 20.2. The number of aromatic nitrogens is 2. The Kier molecular flexibility index (Phi) is 5.32. The van der Waals surface area contributed by atoms with Crippen LogP contribution >= 0.6 is 11.3 Å². The third kappa shape index (κ3) is 2.87. The Morgan fingerprint density at radius 3 is 2.78 bits per heavy atom. The molecule has 4 rings (SSSR count). The van der Waals surface area contributed by atoms with E-state index in [9.17, 15) is 24.6 Å². The van der Waals surface area contributed by atoms with Crippen LogP contribution in [-0.4, -0.2) is 60.9 Å². The number of ketones is 1. The first-order valence-corrected chi connectivity index (χ1v) is 8.73. The number of carboxylic acids is 1. The Balaban J connectivity index is 0.00000210. The standard InChI is InChI=1S/C16H15N3O6S.Na/c1-6(21)11-8-2-7(13(16(24)25)19(8)14(11)23)10-3-18-5-17-12(9(22)4-20)15(18)26-10;/h3,5-6,8,11,20-21H,2,4H2,1H3,(H,24,25);/q;+1/p-1/t6-,8-,11-;/m1./s1. The molecular weight excluding hydrogens is 385 g/mol. The average Bonchev–Trinajstić information content (AvgIpc) is 3.23. The summed E-state index contributed by atoms with van der Waals surface area (Å²) in [7, 11) is 0. The molecule has 0 radical (unpaired) electrons. The summed E-state index contributed by atoms with van der Waals surface area (Å²) in [6, 6.07) is -0.413. The number of aliphatic carboxylic acids is 1. The van der Waals surface area contributed by atoms with Gasteiger partial charge in [-0.2, -0.15) is 0 Å². The van der Waals surface area contributed by atoms with Gasteiger partial charge in [-0.1, -0.05) is 0 Å². The molecule has 3 atom stereocenters. The molecule has 136 valence electrons. The number of carbonyl (C=O) groups excluding carboxylic acids is 3. The van der Waals surface area contributed by atoms with E-state index in [0.717, 1.165) is 11.3 Å². The van der Waals surface area contributed by atoms with E-state index in [-0.39, 0.29) is 47.4 Å². The maximum absolute atomic E-state index is 12.2. The summed E-state index contributed by atoms with van der Waals surface area (Å²) >= 11 is 1.15. The summed E-state index contributed by atoms with van der Waals surface area (Å²) in [5, 5.41) is 30.5. The number of hydrogen-bond acceptors (Lipinski definition) is 8. The number of carboxylic acid groups (broad SMARTS) is 1. The second-order valence-corrected chi connectivity index (χ2v) is 7.37. The molecule has 0 saturated carbocycles. The zero-order valence-corrected chi connectivity index (χ0v) is 17.4. The van der Waals surface area contributed by atoms with Gasteiger partial charge in [0, 0.05) is 6.20 Å². The van der Waals surface area contributed by atoms with Gasteiger partial charge in [-0.25, -0.2) is 4.98 Å². The van der Waals surface area contributed by atoms with Crippen LogP contribution in [0.3, 0.4) is 0 Å². The number of rotatable bonds is 5. The number of imidazole rings is 1. The number of aliphatic hydroxyl groups is 2. The van der Waals surface area contributed by atoms with Gasteiger partial charge in [0.25, 0.3) is 0 Å². The number of fused-ring (bicyclic) bond motifs is 2. The number of Topliss-reactive ketones (excluding diaryl/α,β-unsaturated/α-hetero) is 1. The van der Waals surface area contributed by atoms with Crippen LogP contribution in [0.5, 0.6) is 0 Å². The van der Waals surface area contributed by atoms with E-state index in [1.807, 2.05) is 0 Å². The van der Waals surface area contributed by atoms with Gasteiger partial charge in [-0.3, -0.25) is 14.0 Å². The zero-order chi connectivity index (χ0) is 18.7. The summed E-state index contributed by atoms with van der Waals surface area (Å²) in [6.45, 7) is 0.831. The van der Waals surface area contributed by atoms with E-state index in [2.05, 4.69) is 4.98 Å².